The maximum absolute atomic E-state index is 12.5. The van der Waals surface area contributed by atoms with Gasteiger partial charge in [-0.15, -0.1) is 11.3 Å². The highest BCUT2D eigenvalue weighted by Gasteiger charge is 2.21. The lowest BCUT2D eigenvalue weighted by molar-refractivity contribution is -0.779. The number of nitrogens with zero attached hydrogens (tertiary/aromatic N) is 3. The quantitative estimate of drug-likeness (QED) is 0.681. The van der Waals surface area contributed by atoms with Gasteiger partial charge in [-0.1, -0.05) is 13.8 Å². The maximum Gasteiger partial charge on any atom is 0.302 e. The van der Waals surface area contributed by atoms with Gasteiger partial charge >= 0.3 is 5.88 Å². The fourth-order valence-corrected chi connectivity index (χ4v) is 3.47. The molecule has 0 aliphatic carbocycles. The van der Waals surface area contributed by atoms with Crippen LogP contribution in [0.5, 0.6) is 0 Å². The second-order valence-corrected chi connectivity index (χ2v) is 7.69. The van der Waals surface area contributed by atoms with Crippen LogP contribution in [0.3, 0.4) is 0 Å². The van der Waals surface area contributed by atoms with Gasteiger partial charge < -0.3 is 5.73 Å². The number of amides is 1. The molecule has 3 aromatic rings. The average Bonchev–Trinajstić information content (AvgIpc) is 3.12. The van der Waals surface area contributed by atoms with E-state index in [-0.39, 0.29) is 17.8 Å². The van der Waals surface area contributed by atoms with Crippen molar-refractivity contribution < 1.29 is 14.0 Å². The van der Waals surface area contributed by atoms with Gasteiger partial charge in [0.2, 0.25) is 5.27 Å². The molecule has 3 aromatic heterocycles. The van der Waals surface area contributed by atoms with Crippen LogP contribution in [0.15, 0.2) is 22.9 Å². The molecule has 0 saturated carbocycles. The van der Waals surface area contributed by atoms with Crippen molar-refractivity contribution in [1.29, 1.82) is 0 Å². The summed E-state index contributed by atoms with van der Waals surface area (Å²) in [5, 5.41) is 7.35. The molecule has 1 amide bonds. The Labute approximate surface area is 149 Å². The molecule has 0 spiro atoms. The van der Waals surface area contributed by atoms with Crippen LogP contribution < -0.4 is 15.7 Å². The Morgan fingerprint density at radius 3 is 2.76 bits per heavy atom. The number of hydrogen-bond donors (Lipinski definition) is 2. The van der Waals surface area contributed by atoms with Crippen LogP contribution in [0, 0.1) is 5.92 Å². The van der Waals surface area contributed by atoms with Gasteiger partial charge in [0.05, 0.1) is 5.69 Å². The molecule has 0 aliphatic heterocycles. The van der Waals surface area contributed by atoms with Gasteiger partial charge in [-0.3, -0.25) is 14.6 Å². The summed E-state index contributed by atoms with van der Waals surface area (Å²) < 4.78 is 6.75. The van der Waals surface area contributed by atoms with Crippen molar-refractivity contribution in [2.24, 2.45) is 5.92 Å². The van der Waals surface area contributed by atoms with Crippen molar-refractivity contribution >= 4 is 39.0 Å². The number of aromatic nitrogens is 3. The summed E-state index contributed by atoms with van der Waals surface area (Å²) in [7, 11) is 0. The molecule has 3 rings (SSSR count). The highest BCUT2D eigenvalue weighted by molar-refractivity contribution is 7.21. The number of nitrogens with one attached hydrogen (secondary N) is 1. The van der Waals surface area contributed by atoms with E-state index in [9.17, 15) is 4.79 Å². The van der Waals surface area contributed by atoms with Crippen molar-refractivity contribution in [3.63, 3.8) is 0 Å². The minimum absolute atomic E-state index is 0.146. The summed E-state index contributed by atoms with van der Waals surface area (Å²) in [5.74, 6) is 0.478. The van der Waals surface area contributed by atoms with Crippen molar-refractivity contribution in [3.8, 4) is 0 Å². The van der Waals surface area contributed by atoms with E-state index in [1.54, 1.807) is 10.9 Å². The Balaban J connectivity index is 1.86. The lowest BCUT2D eigenvalue weighted by Gasteiger charge is -2.03. The molecule has 0 atom stereocenters. The number of nitrogen functional groups attached to an aromatic ring is 1. The third-order valence-electron chi connectivity index (χ3n) is 3.72. The molecule has 0 unspecified atom stereocenters. The Morgan fingerprint density at radius 1 is 1.36 bits per heavy atom. The molecule has 132 valence electrons. The van der Waals surface area contributed by atoms with Crippen LogP contribution in [-0.2, 0) is 6.42 Å². The van der Waals surface area contributed by atoms with E-state index in [1.165, 1.54) is 11.3 Å². The molecule has 7 nitrogen and oxygen atoms in total. The minimum atomic E-state index is -0.321. The molecule has 0 bridgehead atoms. The summed E-state index contributed by atoms with van der Waals surface area (Å²) in [6.07, 6.45) is 2.54. The minimum Gasteiger partial charge on any atom is -0.397 e. The maximum atomic E-state index is 12.5. The molecule has 0 radical (unpaired) electrons. The number of carbonyl (C=O) groups is 1. The molecule has 0 aliphatic rings. The second-order valence-electron chi connectivity index (χ2n) is 6.69. The van der Waals surface area contributed by atoms with Crippen LogP contribution in [0.4, 0.5) is 11.6 Å². The van der Waals surface area contributed by atoms with Crippen molar-refractivity contribution in [2.75, 3.05) is 11.1 Å². The fourth-order valence-electron chi connectivity index (χ4n) is 2.46. The standard InChI is InChI=1S/C17H21N5O2S/c1-9(2)7-11-5-6-12-14(18)15(25-17(12)19-11)16(23)20-13-8-22(10(3)4)21-24-13/h5-6,8-10H,7H2,1-4H3,(H2-,18,20,21,23)/p+1. The van der Waals surface area contributed by atoms with Crippen molar-refractivity contribution in [3.05, 3.63) is 28.9 Å². The van der Waals surface area contributed by atoms with E-state index in [0.29, 0.717) is 16.5 Å². The molecular weight excluding hydrogens is 338 g/mol. The summed E-state index contributed by atoms with van der Waals surface area (Å²) in [6.45, 7) is 8.24. The fraction of sp³-hybridized carbons (Fsp3) is 0.412. The smallest absolute Gasteiger partial charge is 0.302 e. The summed E-state index contributed by atoms with van der Waals surface area (Å²) in [6, 6.07) is 4.05. The lowest BCUT2D eigenvalue weighted by Crippen LogP contribution is -2.36. The number of fused-ring (bicyclic) bond motifs is 1. The van der Waals surface area contributed by atoms with Crippen LogP contribution in [0.25, 0.3) is 10.2 Å². The molecule has 8 heteroatoms. The molecular formula is C17H22N5O2S+. The number of pyridine rings is 1. The van der Waals surface area contributed by atoms with E-state index in [1.807, 2.05) is 26.0 Å². The van der Waals surface area contributed by atoms with Crippen molar-refractivity contribution in [1.82, 2.24) is 10.3 Å². The Morgan fingerprint density at radius 2 is 2.12 bits per heavy atom. The first-order valence-electron chi connectivity index (χ1n) is 8.22. The van der Waals surface area contributed by atoms with Gasteiger partial charge in [-0.2, -0.15) is 0 Å². The van der Waals surface area contributed by atoms with E-state index in [4.69, 9.17) is 10.3 Å². The zero-order chi connectivity index (χ0) is 18.1. The molecule has 25 heavy (non-hydrogen) atoms. The topological polar surface area (TPSA) is 97.9 Å². The number of thiophene rings is 1. The van der Waals surface area contributed by atoms with E-state index in [0.717, 1.165) is 22.3 Å². The summed E-state index contributed by atoms with van der Waals surface area (Å²) in [4.78, 5) is 18.4. The first-order valence-corrected chi connectivity index (χ1v) is 9.04. The summed E-state index contributed by atoms with van der Waals surface area (Å²) >= 11 is 1.29. The largest absolute Gasteiger partial charge is 0.397 e. The predicted octanol–water partition coefficient (Wildman–Crippen LogP) is 3.19. The first kappa shape index (κ1) is 17.3. The van der Waals surface area contributed by atoms with Crippen LogP contribution >= 0.6 is 11.3 Å². The zero-order valence-electron chi connectivity index (χ0n) is 14.7. The Bertz CT molecular complexity index is 913. The second kappa shape index (κ2) is 6.79. The number of rotatable bonds is 5. The van der Waals surface area contributed by atoms with Crippen LogP contribution in [0.1, 0.15) is 49.1 Å². The Hall–Kier alpha value is -2.48. The highest BCUT2D eigenvalue weighted by Crippen LogP contribution is 2.33. The molecule has 0 aromatic carbocycles. The van der Waals surface area contributed by atoms with Crippen LogP contribution in [0.2, 0.25) is 0 Å². The third-order valence-corrected chi connectivity index (χ3v) is 4.84. The van der Waals surface area contributed by atoms with Gasteiger partial charge in [-0.05, 0) is 43.0 Å². The monoisotopic (exact) mass is 360 g/mol. The lowest BCUT2D eigenvalue weighted by atomic mass is 10.1. The molecule has 0 fully saturated rings. The average molecular weight is 360 g/mol. The van der Waals surface area contributed by atoms with E-state index >= 15 is 0 Å². The predicted molar refractivity (Wildman–Crippen MR) is 97.6 cm³/mol. The summed E-state index contributed by atoms with van der Waals surface area (Å²) in [5.41, 5.74) is 7.60. The van der Waals surface area contributed by atoms with E-state index < -0.39 is 0 Å². The zero-order valence-corrected chi connectivity index (χ0v) is 15.6. The van der Waals surface area contributed by atoms with Crippen LogP contribution in [-0.4, -0.2) is 16.2 Å². The number of anilines is 2. The first-order chi connectivity index (χ1) is 11.8. The van der Waals surface area contributed by atoms with Gasteiger partial charge in [0, 0.05) is 11.1 Å². The Kier molecular flexibility index (Phi) is 4.71. The van der Waals surface area contributed by atoms with Gasteiger partial charge in [0.1, 0.15) is 9.71 Å². The van der Waals surface area contributed by atoms with Crippen molar-refractivity contribution in [2.45, 2.75) is 40.2 Å². The molecule has 3 heterocycles. The van der Waals surface area contributed by atoms with E-state index in [2.05, 4.69) is 29.4 Å². The number of nitrogens with two attached hydrogens (primary N) is 1. The molecule has 3 N–H and O–H groups in total. The highest BCUT2D eigenvalue weighted by atomic mass is 32.1. The molecule has 0 saturated heterocycles. The SMILES string of the molecule is CC(C)Cc1ccc2c(N)c(C(=O)Nc3c[n+](C(C)C)no3)sc2n1. The third kappa shape index (κ3) is 3.63. The number of carbonyl (C=O) groups excluding carboxylic acids is 1. The van der Waals surface area contributed by atoms with Gasteiger partial charge in [0.25, 0.3) is 12.1 Å². The number of hydrogen-bond acceptors (Lipinski definition) is 6. The van der Waals surface area contributed by atoms with Gasteiger partial charge in [0.15, 0.2) is 6.04 Å². The van der Waals surface area contributed by atoms with Gasteiger partial charge in [-0.25, -0.2) is 4.98 Å². The normalized spacial score (nSPS) is 11.6.